The highest BCUT2D eigenvalue weighted by Crippen LogP contribution is 2.40. The minimum absolute atomic E-state index is 0.0766. The summed E-state index contributed by atoms with van der Waals surface area (Å²) >= 11 is 11.9. The minimum atomic E-state index is -0.796. The van der Waals surface area contributed by atoms with E-state index in [1.165, 1.54) is 19.2 Å². The van der Waals surface area contributed by atoms with E-state index >= 15 is 0 Å². The van der Waals surface area contributed by atoms with Crippen molar-refractivity contribution in [3.05, 3.63) is 58.1 Å². The van der Waals surface area contributed by atoms with Gasteiger partial charge < -0.3 is 14.2 Å². The van der Waals surface area contributed by atoms with Crippen LogP contribution in [-0.4, -0.2) is 19.0 Å². The summed E-state index contributed by atoms with van der Waals surface area (Å²) < 4.78 is 16.0. The van der Waals surface area contributed by atoms with Gasteiger partial charge in [0, 0.05) is 10.6 Å². The summed E-state index contributed by atoms with van der Waals surface area (Å²) in [4.78, 5) is 24.4. The number of benzene rings is 2. The van der Waals surface area contributed by atoms with E-state index < -0.39 is 24.0 Å². The number of ether oxygens (including phenoxy) is 3. The van der Waals surface area contributed by atoms with Gasteiger partial charge in [0.25, 0.3) is 0 Å². The second-order valence-corrected chi connectivity index (χ2v) is 6.30. The Morgan fingerprint density at radius 2 is 1.92 bits per heavy atom. The normalized spacial score (nSPS) is 19.4. The molecule has 2 aromatic rings. The van der Waals surface area contributed by atoms with Gasteiger partial charge in [0.15, 0.2) is 0 Å². The van der Waals surface area contributed by atoms with Gasteiger partial charge in [-0.25, -0.2) is 0 Å². The van der Waals surface area contributed by atoms with Gasteiger partial charge in [0.1, 0.15) is 23.5 Å². The number of halogens is 2. The van der Waals surface area contributed by atoms with E-state index in [-0.39, 0.29) is 17.2 Å². The first-order valence-electron chi connectivity index (χ1n) is 7.48. The van der Waals surface area contributed by atoms with Crippen LogP contribution in [0.25, 0.3) is 0 Å². The monoisotopic (exact) mass is 380 g/mol. The quantitative estimate of drug-likeness (QED) is 0.587. The van der Waals surface area contributed by atoms with Gasteiger partial charge in [-0.2, -0.15) is 0 Å². The maximum absolute atomic E-state index is 12.6. The molecule has 0 radical (unpaired) electrons. The highest BCUT2D eigenvalue weighted by molar-refractivity contribution is 6.35. The molecule has 25 heavy (non-hydrogen) atoms. The van der Waals surface area contributed by atoms with Crippen LogP contribution in [0.1, 0.15) is 18.1 Å². The van der Waals surface area contributed by atoms with Gasteiger partial charge >= 0.3 is 11.9 Å². The van der Waals surface area contributed by atoms with Gasteiger partial charge in [0.05, 0.1) is 18.6 Å². The number of rotatable bonds is 4. The van der Waals surface area contributed by atoms with Crippen LogP contribution < -0.4 is 9.47 Å². The van der Waals surface area contributed by atoms with Crippen LogP contribution in [0.2, 0.25) is 10.0 Å². The Morgan fingerprint density at radius 1 is 1.16 bits per heavy atom. The summed E-state index contributed by atoms with van der Waals surface area (Å²) in [6, 6.07) is 11.6. The Bertz CT molecular complexity index is 821. The van der Waals surface area contributed by atoms with Crippen LogP contribution in [0, 0.1) is 5.92 Å². The van der Waals surface area contributed by atoms with Crippen LogP contribution in [0.4, 0.5) is 0 Å². The smallest absolute Gasteiger partial charge is 0.319 e. The largest absolute Gasteiger partial charge is 0.496 e. The lowest BCUT2D eigenvalue weighted by atomic mass is 9.94. The Labute approximate surface area is 154 Å². The molecule has 0 amide bonds. The molecule has 0 unspecified atom stereocenters. The van der Waals surface area contributed by atoms with Crippen LogP contribution in [0.5, 0.6) is 11.5 Å². The molecular formula is C18H14Cl2O5. The predicted octanol–water partition coefficient (Wildman–Crippen LogP) is 4.21. The molecule has 7 heteroatoms. The molecule has 0 aliphatic carbocycles. The van der Waals surface area contributed by atoms with Crippen molar-refractivity contribution < 1.29 is 23.8 Å². The zero-order chi connectivity index (χ0) is 18.0. The number of esters is 2. The Kier molecular flexibility index (Phi) is 5.16. The van der Waals surface area contributed by atoms with Crippen molar-refractivity contribution >= 4 is 35.1 Å². The summed E-state index contributed by atoms with van der Waals surface area (Å²) in [7, 11) is 1.51. The molecule has 1 heterocycles. The summed E-state index contributed by atoms with van der Waals surface area (Å²) in [5.74, 6) is -1.17. The lowest BCUT2D eigenvalue weighted by molar-refractivity contribution is -0.143. The van der Waals surface area contributed by atoms with E-state index in [1.54, 1.807) is 30.3 Å². The van der Waals surface area contributed by atoms with E-state index in [1.807, 2.05) is 0 Å². The van der Waals surface area contributed by atoms with E-state index in [0.717, 1.165) is 0 Å². The number of carbonyl (C=O) groups is 2. The lowest BCUT2D eigenvalue weighted by Gasteiger charge is -2.19. The second-order valence-electron chi connectivity index (χ2n) is 5.46. The highest BCUT2D eigenvalue weighted by Gasteiger charge is 2.43. The fourth-order valence-corrected chi connectivity index (χ4v) is 3.14. The standard InChI is InChI=1S/C18H14Cl2O5/c1-23-14-5-3-2-4-11(14)17-12(9-16(21)25-17)18(22)24-15-7-6-10(19)8-13(15)20/h2-8,12,17H,9H2,1H3/t12-,17-/m1/s1. The van der Waals surface area contributed by atoms with Gasteiger partial charge in [0.2, 0.25) is 0 Å². The summed E-state index contributed by atoms with van der Waals surface area (Å²) in [5.41, 5.74) is 0.611. The van der Waals surface area contributed by atoms with Crippen molar-refractivity contribution in [1.82, 2.24) is 0 Å². The van der Waals surface area contributed by atoms with E-state index in [9.17, 15) is 9.59 Å². The number of carbonyl (C=O) groups excluding carboxylic acids is 2. The first-order chi connectivity index (χ1) is 12.0. The zero-order valence-electron chi connectivity index (χ0n) is 13.2. The average Bonchev–Trinajstić information content (AvgIpc) is 2.99. The third-order valence-corrected chi connectivity index (χ3v) is 4.39. The molecular weight excluding hydrogens is 367 g/mol. The van der Waals surface area contributed by atoms with Crippen LogP contribution in [-0.2, 0) is 14.3 Å². The van der Waals surface area contributed by atoms with E-state index in [4.69, 9.17) is 37.4 Å². The maximum atomic E-state index is 12.6. The lowest BCUT2D eigenvalue weighted by Crippen LogP contribution is -2.23. The molecule has 0 saturated carbocycles. The molecule has 1 aliphatic rings. The van der Waals surface area contributed by atoms with E-state index in [2.05, 4.69) is 0 Å². The third kappa shape index (κ3) is 3.72. The van der Waals surface area contributed by atoms with Crippen molar-refractivity contribution in [3.8, 4) is 11.5 Å². The molecule has 130 valence electrons. The predicted molar refractivity (Wildman–Crippen MR) is 92.0 cm³/mol. The highest BCUT2D eigenvalue weighted by atomic mass is 35.5. The Balaban J connectivity index is 1.86. The first kappa shape index (κ1) is 17.6. The van der Waals surface area contributed by atoms with Gasteiger partial charge in [-0.05, 0) is 24.3 Å². The number of hydrogen-bond donors (Lipinski definition) is 0. The molecule has 2 atom stereocenters. The Hall–Kier alpha value is -2.24. The number of para-hydroxylation sites is 1. The second kappa shape index (κ2) is 7.33. The van der Waals surface area contributed by atoms with Crippen LogP contribution >= 0.6 is 23.2 Å². The van der Waals surface area contributed by atoms with Gasteiger partial charge in [-0.3, -0.25) is 9.59 Å². The molecule has 0 N–H and O–H groups in total. The topological polar surface area (TPSA) is 61.8 Å². The van der Waals surface area contributed by atoms with Crippen LogP contribution in [0.3, 0.4) is 0 Å². The van der Waals surface area contributed by atoms with Crippen LogP contribution in [0.15, 0.2) is 42.5 Å². The van der Waals surface area contributed by atoms with Crippen molar-refractivity contribution in [2.75, 3.05) is 7.11 Å². The van der Waals surface area contributed by atoms with Crippen molar-refractivity contribution in [3.63, 3.8) is 0 Å². The molecule has 1 aliphatic heterocycles. The zero-order valence-corrected chi connectivity index (χ0v) is 14.7. The summed E-state index contributed by atoms with van der Waals surface area (Å²) in [5, 5.41) is 0.635. The minimum Gasteiger partial charge on any atom is -0.496 e. The third-order valence-electron chi connectivity index (χ3n) is 3.86. The van der Waals surface area contributed by atoms with Crippen molar-refractivity contribution in [2.45, 2.75) is 12.5 Å². The number of cyclic esters (lactones) is 1. The average molecular weight is 381 g/mol. The fraction of sp³-hybridized carbons (Fsp3) is 0.222. The number of methoxy groups -OCH3 is 1. The summed E-state index contributed by atoms with van der Waals surface area (Å²) in [6.07, 6.45) is -0.852. The molecule has 5 nitrogen and oxygen atoms in total. The van der Waals surface area contributed by atoms with Crippen molar-refractivity contribution in [2.24, 2.45) is 5.92 Å². The summed E-state index contributed by atoms with van der Waals surface area (Å²) in [6.45, 7) is 0. The van der Waals surface area contributed by atoms with Gasteiger partial charge in [-0.15, -0.1) is 0 Å². The SMILES string of the molecule is COc1ccccc1[C@H]1OC(=O)C[C@H]1C(=O)Oc1ccc(Cl)cc1Cl. The fourth-order valence-electron chi connectivity index (χ4n) is 2.69. The molecule has 0 aromatic heterocycles. The van der Waals surface area contributed by atoms with Crippen molar-refractivity contribution in [1.29, 1.82) is 0 Å². The molecule has 1 fully saturated rings. The maximum Gasteiger partial charge on any atom is 0.319 e. The molecule has 2 aromatic carbocycles. The molecule has 3 rings (SSSR count). The van der Waals surface area contributed by atoms with E-state index in [0.29, 0.717) is 16.3 Å². The number of hydrogen-bond acceptors (Lipinski definition) is 5. The molecule has 1 saturated heterocycles. The molecule has 0 spiro atoms. The molecule has 0 bridgehead atoms. The Morgan fingerprint density at radius 3 is 2.64 bits per heavy atom. The van der Waals surface area contributed by atoms with Gasteiger partial charge in [-0.1, -0.05) is 41.4 Å². The first-order valence-corrected chi connectivity index (χ1v) is 8.24.